The molecule has 0 saturated heterocycles. The van der Waals surface area contributed by atoms with Gasteiger partial charge in [0.05, 0.1) is 11.4 Å². The quantitative estimate of drug-likeness (QED) is 0.0718. The van der Waals surface area contributed by atoms with E-state index in [-0.39, 0.29) is 111 Å². The maximum absolute atomic E-state index is 8.64. The molecule has 0 spiro atoms. The summed E-state index contributed by atoms with van der Waals surface area (Å²) in [5.74, 6) is 0. The second-order valence-corrected chi connectivity index (χ2v) is 24.2. The van der Waals surface area contributed by atoms with Gasteiger partial charge in [0, 0.05) is 78.0 Å². The SMILES string of the molecule is Cc1cc2c(-c3cc(-c4ccc(CC(C)(C)C)s4)ccn3)cc3ccccc3c2s1.Cc1cc2c(-c3cc(Cl)ccn3)cc3ccccc3c2s1.Cc1ccc(CC(C)(C)C)s1.O=CO[O-].[H-].[K+].[K+]. The maximum Gasteiger partial charge on any atom is 1.00 e. The first-order valence-corrected chi connectivity index (χ1v) is 25.4. The zero-order valence-corrected chi connectivity index (χ0v) is 51.1. The van der Waals surface area contributed by atoms with Crippen molar-refractivity contribution >= 4 is 105 Å². The fraction of sp³-hybridized carbons (Fsp3) is 0.232. The topological polar surface area (TPSA) is 75.1 Å². The zero-order chi connectivity index (χ0) is 47.2. The second-order valence-electron chi connectivity index (χ2n) is 18.7. The van der Waals surface area contributed by atoms with Gasteiger partial charge in [-0.25, -0.2) is 0 Å². The van der Waals surface area contributed by atoms with Crippen molar-refractivity contribution in [3.05, 3.63) is 163 Å². The Morgan fingerprint density at radius 2 is 1.04 bits per heavy atom. The standard InChI is InChI=1S/C27H25NS2.C18H12ClNS.C10H16S.CH2O3.2K.H/c1-17-13-23-22(14-18-7-5-6-8-21(18)26(23)29-17)24-15-19(11-12-28-24)25-10-9-20(30-25)16-27(2,3)4;1-11-8-16-15(17-10-13(19)6-7-20-17)9-12-4-2-3-5-14(12)18(16)21-11;1-8-5-6-9(11-8)7-10(2,3)4;2-1-4-3;;;/h5-15H,16H2,1-4H3;2-10H,1H3;5-6H,7H2,1-4H3;1,3H;;;/q;;;;2*+1;-1/p-1. The van der Waals surface area contributed by atoms with Gasteiger partial charge in [-0.1, -0.05) is 102 Å². The molecule has 68 heavy (non-hydrogen) atoms. The summed E-state index contributed by atoms with van der Waals surface area (Å²) in [6.45, 7) is 20.0. The Bertz CT molecular complexity index is 3270. The van der Waals surface area contributed by atoms with E-state index in [1.165, 1.54) is 88.5 Å². The molecule has 12 heteroatoms. The van der Waals surface area contributed by atoms with Crippen LogP contribution in [0.15, 0.2) is 134 Å². The van der Waals surface area contributed by atoms with Crippen molar-refractivity contribution in [3.63, 3.8) is 0 Å². The summed E-state index contributed by atoms with van der Waals surface area (Å²) in [6, 6.07) is 43.3. The van der Waals surface area contributed by atoms with Crippen molar-refractivity contribution < 1.29 is 119 Å². The molecule has 10 rings (SSSR count). The van der Waals surface area contributed by atoms with Crippen molar-refractivity contribution in [3.8, 4) is 33.0 Å². The summed E-state index contributed by atoms with van der Waals surface area (Å²) < 4.78 is 2.68. The predicted molar refractivity (Wildman–Crippen MR) is 287 cm³/mol. The minimum atomic E-state index is -0.181. The van der Waals surface area contributed by atoms with Gasteiger partial charge < -0.3 is 11.6 Å². The summed E-state index contributed by atoms with van der Waals surface area (Å²) in [7, 11) is 0. The molecule has 0 aliphatic carbocycles. The Labute approximate surface area is 508 Å². The third kappa shape index (κ3) is 15.3. The molecule has 0 saturated carbocycles. The molecule has 0 aliphatic heterocycles. The number of rotatable bonds is 6. The monoisotopic (exact) mass is 1040 g/mol. The molecule has 5 nitrogen and oxygen atoms in total. The van der Waals surface area contributed by atoms with Crippen molar-refractivity contribution in [2.75, 3.05) is 0 Å². The third-order valence-corrected chi connectivity index (χ3v) is 15.1. The second kappa shape index (κ2) is 25.6. The summed E-state index contributed by atoms with van der Waals surface area (Å²) >= 11 is 13.7. The van der Waals surface area contributed by atoms with Crippen LogP contribution < -0.4 is 108 Å². The predicted octanol–water partition coefficient (Wildman–Crippen LogP) is 11.0. The molecule has 6 heterocycles. The fourth-order valence-corrected chi connectivity index (χ4v) is 12.7. The van der Waals surface area contributed by atoms with Crippen LogP contribution in [0.3, 0.4) is 0 Å². The minimum absolute atomic E-state index is 0. The molecule has 0 atom stereocenters. The van der Waals surface area contributed by atoms with Crippen molar-refractivity contribution in [1.29, 1.82) is 0 Å². The zero-order valence-electron chi connectivity index (χ0n) is 41.8. The van der Waals surface area contributed by atoms with Crippen LogP contribution >= 0.6 is 56.9 Å². The van der Waals surface area contributed by atoms with Crippen molar-refractivity contribution in [1.82, 2.24) is 9.97 Å². The van der Waals surface area contributed by atoms with Crippen LogP contribution in [0, 0.1) is 31.6 Å². The van der Waals surface area contributed by atoms with E-state index in [0.717, 1.165) is 23.4 Å². The van der Waals surface area contributed by atoms with Crippen LogP contribution in [0.1, 0.15) is 67.4 Å². The summed E-state index contributed by atoms with van der Waals surface area (Å²) in [5, 5.41) is 16.9. The van der Waals surface area contributed by atoms with Crippen LogP contribution in [-0.2, 0) is 22.5 Å². The van der Waals surface area contributed by atoms with Gasteiger partial charge in [0.25, 0.3) is 6.47 Å². The average molecular weight is 1050 g/mol. The van der Waals surface area contributed by atoms with Gasteiger partial charge >= 0.3 is 103 Å². The first kappa shape index (κ1) is 56.9. The number of halogens is 1. The van der Waals surface area contributed by atoms with Gasteiger partial charge in [-0.05, 0) is 144 Å². The molecule has 0 radical (unpaired) electrons. The van der Waals surface area contributed by atoms with Crippen LogP contribution in [0.25, 0.3) is 74.7 Å². The Kier molecular flexibility index (Phi) is 21.4. The number of hydrogen-bond acceptors (Lipinski definition) is 9. The number of aryl methyl sites for hydroxylation is 3. The number of carbonyl (C=O) groups excluding carboxylic acids is 1. The van der Waals surface area contributed by atoms with Gasteiger partial charge in [-0.15, -0.1) is 45.3 Å². The number of carbonyl (C=O) groups is 1. The Balaban J connectivity index is 0.000000231. The van der Waals surface area contributed by atoms with Crippen LogP contribution in [-0.4, -0.2) is 16.4 Å². The van der Waals surface area contributed by atoms with Gasteiger partial charge in [0.15, 0.2) is 0 Å². The van der Waals surface area contributed by atoms with Gasteiger partial charge in [-0.2, -0.15) is 0 Å². The summed E-state index contributed by atoms with van der Waals surface area (Å²) in [4.78, 5) is 28.9. The van der Waals surface area contributed by atoms with E-state index >= 15 is 0 Å². The number of benzene rings is 4. The molecule has 340 valence electrons. The molecule has 0 N–H and O–H groups in total. The maximum atomic E-state index is 8.64. The van der Waals surface area contributed by atoms with E-state index in [2.05, 4.69) is 181 Å². The van der Waals surface area contributed by atoms with E-state index in [9.17, 15) is 0 Å². The molecule has 0 bridgehead atoms. The third-order valence-electron chi connectivity index (χ3n) is 10.5. The molecular weight excluding hydrogens is 991 g/mol. The fourth-order valence-electron chi connectivity index (χ4n) is 7.92. The van der Waals surface area contributed by atoms with Crippen LogP contribution in [0.4, 0.5) is 0 Å². The number of aromatic nitrogens is 2. The Morgan fingerprint density at radius 1 is 0.574 bits per heavy atom. The van der Waals surface area contributed by atoms with E-state index in [1.807, 2.05) is 63.7 Å². The van der Waals surface area contributed by atoms with Gasteiger partial charge in [0.2, 0.25) is 0 Å². The number of thiophene rings is 4. The van der Waals surface area contributed by atoms with Crippen LogP contribution in [0.5, 0.6) is 0 Å². The van der Waals surface area contributed by atoms with E-state index in [4.69, 9.17) is 26.6 Å². The first-order valence-electron chi connectivity index (χ1n) is 21.8. The number of hydrogen-bond donors (Lipinski definition) is 0. The number of fused-ring (bicyclic) bond motifs is 6. The molecule has 4 aromatic carbocycles. The van der Waals surface area contributed by atoms with Crippen molar-refractivity contribution in [2.24, 2.45) is 10.8 Å². The van der Waals surface area contributed by atoms with E-state index in [0.29, 0.717) is 15.9 Å². The van der Waals surface area contributed by atoms with Gasteiger partial charge in [-0.3, -0.25) is 14.8 Å². The molecule has 6 aromatic heterocycles. The smallest absolute Gasteiger partial charge is 1.00 e. The first-order chi connectivity index (χ1) is 31.5. The molecule has 10 aromatic rings. The molecule has 0 unspecified atom stereocenters. The number of nitrogens with zero attached hydrogens (tertiary/aromatic N) is 2. The molecule has 0 fully saturated rings. The number of pyridine rings is 2. The largest absolute Gasteiger partial charge is 1.00 e. The van der Waals surface area contributed by atoms with Crippen LogP contribution in [0.2, 0.25) is 5.02 Å². The van der Waals surface area contributed by atoms with Gasteiger partial charge in [0.1, 0.15) is 0 Å². The van der Waals surface area contributed by atoms with Crippen molar-refractivity contribution in [2.45, 2.75) is 75.2 Å². The molecule has 0 aliphatic rings. The molecular formula is C56H55ClK2N2O3S4. The van der Waals surface area contributed by atoms with E-state index in [1.54, 1.807) is 6.20 Å². The minimum Gasteiger partial charge on any atom is -1.00 e. The molecule has 0 amide bonds. The summed E-state index contributed by atoms with van der Waals surface area (Å²) in [5.41, 5.74) is 6.33. The Hall–Kier alpha value is -1.99. The normalized spacial score (nSPS) is 11.1. The Morgan fingerprint density at radius 3 is 1.51 bits per heavy atom. The average Bonchev–Trinajstić information content (AvgIpc) is 4.09. The van der Waals surface area contributed by atoms with E-state index < -0.39 is 0 Å². The summed E-state index contributed by atoms with van der Waals surface area (Å²) in [6.07, 6.45) is 6.02.